The quantitative estimate of drug-likeness (QED) is 0.356. The molecule has 2 aromatic heterocycles. The van der Waals surface area contributed by atoms with Gasteiger partial charge < -0.3 is 13.9 Å². The zero-order valence-corrected chi connectivity index (χ0v) is 17.8. The molecule has 2 heterocycles. The largest absolute Gasteiger partial charge is 0.493 e. The van der Waals surface area contributed by atoms with Crippen molar-refractivity contribution in [2.45, 2.75) is 32.8 Å². The van der Waals surface area contributed by atoms with Gasteiger partial charge in [0.05, 0.1) is 18.4 Å². The van der Waals surface area contributed by atoms with Crippen LogP contribution >= 0.6 is 11.3 Å². The fourth-order valence-electron chi connectivity index (χ4n) is 3.40. The van der Waals surface area contributed by atoms with E-state index in [4.69, 9.17) is 13.9 Å². The summed E-state index contributed by atoms with van der Waals surface area (Å²) < 4.78 is 18.7. The molecule has 2 aromatic carbocycles. The first kappa shape index (κ1) is 19.7. The molecule has 0 aliphatic heterocycles. The molecular formula is C24H25NO3S. The summed E-state index contributed by atoms with van der Waals surface area (Å²) in [6.07, 6.45) is 1.80. The van der Waals surface area contributed by atoms with Crippen LogP contribution in [-0.4, -0.2) is 24.8 Å². The standard InChI is InChI=1S/C24H25NO3S/c1-16(26-3)15-19-9-10-22(20-12-14-29-23(19)20)27-13-11-21-17(2)28-24(25-21)18-7-5-4-6-8-18/h4-10,12,14,16H,11,13,15H2,1-3H3/t16-/m1/s1. The predicted octanol–water partition coefficient (Wildman–Crippen LogP) is 6.06. The van der Waals surface area contributed by atoms with Crippen LogP contribution in [0.15, 0.2) is 58.3 Å². The Hall–Kier alpha value is -2.63. The Morgan fingerprint density at radius 1 is 1.10 bits per heavy atom. The van der Waals surface area contributed by atoms with Crippen molar-refractivity contribution in [2.24, 2.45) is 0 Å². The molecular weight excluding hydrogens is 382 g/mol. The van der Waals surface area contributed by atoms with Gasteiger partial charge in [-0.1, -0.05) is 24.3 Å². The van der Waals surface area contributed by atoms with Crippen molar-refractivity contribution in [3.05, 3.63) is 70.9 Å². The van der Waals surface area contributed by atoms with Gasteiger partial charge in [-0.2, -0.15) is 0 Å². The van der Waals surface area contributed by atoms with Gasteiger partial charge >= 0.3 is 0 Å². The summed E-state index contributed by atoms with van der Waals surface area (Å²) in [7, 11) is 1.75. The van der Waals surface area contributed by atoms with E-state index in [-0.39, 0.29) is 6.10 Å². The number of aryl methyl sites for hydroxylation is 1. The van der Waals surface area contributed by atoms with Crippen molar-refractivity contribution in [3.8, 4) is 17.2 Å². The SMILES string of the molecule is CO[C@H](C)Cc1ccc(OCCc2nc(-c3ccccc3)oc2C)c2ccsc12. The normalized spacial score (nSPS) is 12.4. The Morgan fingerprint density at radius 2 is 1.93 bits per heavy atom. The maximum atomic E-state index is 6.13. The molecule has 0 amide bonds. The van der Waals surface area contributed by atoms with Crippen LogP contribution in [0.4, 0.5) is 0 Å². The molecule has 0 N–H and O–H groups in total. The highest BCUT2D eigenvalue weighted by Gasteiger charge is 2.13. The van der Waals surface area contributed by atoms with Gasteiger partial charge in [0, 0.05) is 29.2 Å². The van der Waals surface area contributed by atoms with E-state index < -0.39 is 0 Å². The zero-order chi connectivity index (χ0) is 20.2. The van der Waals surface area contributed by atoms with E-state index in [9.17, 15) is 0 Å². The van der Waals surface area contributed by atoms with Crippen LogP contribution in [0.2, 0.25) is 0 Å². The lowest BCUT2D eigenvalue weighted by Crippen LogP contribution is -2.08. The second-order valence-electron chi connectivity index (χ2n) is 7.12. The number of methoxy groups -OCH3 is 1. The summed E-state index contributed by atoms with van der Waals surface area (Å²) in [6.45, 7) is 4.60. The third-order valence-electron chi connectivity index (χ3n) is 5.08. The number of benzene rings is 2. The molecule has 5 heteroatoms. The van der Waals surface area contributed by atoms with Gasteiger partial charge in [0.25, 0.3) is 0 Å². The Morgan fingerprint density at radius 3 is 2.72 bits per heavy atom. The van der Waals surface area contributed by atoms with Crippen LogP contribution in [0, 0.1) is 6.92 Å². The Labute approximate surface area is 175 Å². The first-order valence-electron chi connectivity index (χ1n) is 9.82. The summed E-state index contributed by atoms with van der Waals surface area (Å²) >= 11 is 1.75. The third kappa shape index (κ3) is 4.36. The van der Waals surface area contributed by atoms with Crippen molar-refractivity contribution < 1.29 is 13.9 Å². The maximum Gasteiger partial charge on any atom is 0.226 e. The monoisotopic (exact) mass is 407 g/mol. The highest BCUT2D eigenvalue weighted by atomic mass is 32.1. The van der Waals surface area contributed by atoms with Crippen LogP contribution < -0.4 is 4.74 Å². The fourth-order valence-corrected chi connectivity index (χ4v) is 4.33. The first-order chi connectivity index (χ1) is 14.2. The molecule has 4 aromatic rings. The Bertz CT molecular complexity index is 1080. The average Bonchev–Trinajstić information content (AvgIpc) is 3.38. The smallest absolute Gasteiger partial charge is 0.226 e. The molecule has 1 atom stereocenters. The topological polar surface area (TPSA) is 44.5 Å². The molecule has 0 spiro atoms. The second-order valence-corrected chi connectivity index (χ2v) is 8.04. The molecule has 150 valence electrons. The fraction of sp³-hybridized carbons (Fsp3) is 0.292. The maximum absolute atomic E-state index is 6.13. The number of nitrogens with zero attached hydrogens (tertiary/aromatic N) is 1. The molecule has 0 saturated carbocycles. The van der Waals surface area contributed by atoms with E-state index in [1.807, 2.05) is 37.3 Å². The zero-order valence-electron chi connectivity index (χ0n) is 17.0. The third-order valence-corrected chi connectivity index (χ3v) is 6.07. The number of fused-ring (bicyclic) bond motifs is 1. The number of thiophene rings is 1. The van der Waals surface area contributed by atoms with Gasteiger partial charge in [0.2, 0.25) is 5.89 Å². The van der Waals surface area contributed by atoms with E-state index in [0.29, 0.717) is 18.9 Å². The number of aromatic nitrogens is 1. The van der Waals surface area contributed by atoms with Gasteiger partial charge in [-0.05, 0) is 55.5 Å². The molecule has 0 fully saturated rings. The summed E-state index contributed by atoms with van der Waals surface area (Å²) in [5.74, 6) is 2.42. The van der Waals surface area contributed by atoms with Gasteiger partial charge in [-0.15, -0.1) is 11.3 Å². The lowest BCUT2D eigenvalue weighted by Gasteiger charge is -2.12. The molecule has 0 aliphatic carbocycles. The van der Waals surface area contributed by atoms with Crippen molar-refractivity contribution >= 4 is 21.4 Å². The summed E-state index contributed by atoms with van der Waals surface area (Å²) in [5, 5.41) is 3.28. The molecule has 29 heavy (non-hydrogen) atoms. The van der Waals surface area contributed by atoms with Crippen molar-refractivity contribution in [3.63, 3.8) is 0 Å². The first-order valence-corrected chi connectivity index (χ1v) is 10.7. The predicted molar refractivity (Wildman–Crippen MR) is 118 cm³/mol. The average molecular weight is 408 g/mol. The number of ether oxygens (including phenoxy) is 2. The van der Waals surface area contributed by atoms with E-state index in [1.165, 1.54) is 10.3 Å². The van der Waals surface area contributed by atoms with Crippen LogP contribution in [0.3, 0.4) is 0 Å². The van der Waals surface area contributed by atoms with E-state index in [2.05, 4.69) is 35.5 Å². The summed E-state index contributed by atoms with van der Waals surface area (Å²) in [4.78, 5) is 4.66. The number of hydrogen-bond donors (Lipinski definition) is 0. The van der Waals surface area contributed by atoms with Gasteiger partial charge in [-0.3, -0.25) is 0 Å². The molecule has 0 radical (unpaired) electrons. The molecule has 0 aliphatic rings. The Kier molecular flexibility index (Phi) is 5.97. The van der Waals surface area contributed by atoms with Crippen LogP contribution in [0.1, 0.15) is 23.9 Å². The molecule has 0 saturated heterocycles. The van der Waals surface area contributed by atoms with E-state index in [1.54, 1.807) is 18.4 Å². The van der Waals surface area contributed by atoms with E-state index in [0.717, 1.165) is 34.6 Å². The number of rotatable bonds is 8. The molecule has 4 nitrogen and oxygen atoms in total. The minimum absolute atomic E-state index is 0.195. The lowest BCUT2D eigenvalue weighted by atomic mass is 10.1. The highest BCUT2D eigenvalue weighted by molar-refractivity contribution is 7.17. The molecule has 0 unspecified atom stereocenters. The Balaban J connectivity index is 1.45. The second kappa shape index (κ2) is 8.80. The van der Waals surface area contributed by atoms with Crippen LogP contribution in [-0.2, 0) is 17.6 Å². The van der Waals surface area contributed by atoms with Crippen molar-refractivity contribution in [1.82, 2.24) is 4.98 Å². The molecule has 4 rings (SSSR count). The number of hydrogen-bond acceptors (Lipinski definition) is 5. The highest BCUT2D eigenvalue weighted by Crippen LogP contribution is 2.34. The molecule has 0 bridgehead atoms. The van der Waals surface area contributed by atoms with Crippen molar-refractivity contribution in [1.29, 1.82) is 0 Å². The minimum atomic E-state index is 0.195. The minimum Gasteiger partial charge on any atom is -0.493 e. The van der Waals surface area contributed by atoms with Crippen LogP contribution in [0.25, 0.3) is 21.5 Å². The number of oxazole rings is 1. The van der Waals surface area contributed by atoms with Gasteiger partial charge in [0.15, 0.2) is 0 Å². The van der Waals surface area contributed by atoms with Gasteiger partial charge in [-0.25, -0.2) is 4.98 Å². The summed E-state index contributed by atoms with van der Waals surface area (Å²) in [5.41, 5.74) is 3.23. The van der Waals surface area contributed by atoms with Crippen LogP contribution in [0.5, 0.6) is 5.75 Å². The van der Waals surface area contributed by atoms with Crippen molar-refractivity contribution in [2.75, 3.05) is 13.7 Å². The lowest BCUT2D eigenvalue weighted by molar-refractivity contribution is 0.119. The van der Waals surface area contributed by atoms with E-state index >= 15 is 0 Å². The summed E-state index contributed by atoms with van der Waals surface area (Å²) in [6, 6.07) is 16.3. The van der Waals surface area contributed by atoms with Gasteiger partial charge in [0.1, 0.15) is 11.5 Å².